The molecule has 0 radical (unpaired) electrons. The molecular formula is C8H12N2O2S. The maximum absolute atomic E-state index is 11.2. The number of anilines is 1. The van der Waals surface area contributed by atoms with Gasteiger partial charge in [-0.3, -0.25) is 4.79 Å². The van der Waals surface area contributed by atoms with Crippen LogP contribution in [0.2, 0.25) is 0 Å². The average Bonchev–Trinajstić information content (AvgIpc) is 2.48. The molecule has 0 atom stereocenters. The largest absolute Gasteiger partial charge is 0.372 e. The van der Waals surface area contributed by atoms with Crippen LogP contribution in [0.15, 0.2) is 5.51 Å². The Hall–Kier alpha value is -0.940. The first-order chi connectivity index (χ1) is 6.24. The zero-order valence-electron chi connectivity index (χ0n) is 7.66. The van der Waals surface area contributed by atoms with Gasteiger partial charge < -0.3 is 10.1 Å². The molecule has 0 aliphatic heterocycles. The van der Waals surface area contributed by atoms with E-state index >= 15 is 0 Å². The van der Waals surface area contributed by atoms with Gasteiger partial charge in [-0.05, 0) is 13.8 Å². The van der Waals surface area contributed by atoms with Crippen LogP contribution in [0.25, 0.3) is 0 Å². The smallest absolute Gasteiger partial charge is 0.251 e. The van der Waals surface area contributed by atoms with E-state index in [1.54, 1.807) is 5.51 Å². The summed E-state index contributed by atoms with van der Waals surface area (Å²) in [7, 11) is 0. The van der Waals surface area contributed by atoms with E-state index in [1.807, 2.05) is 13.8 Å². The van der Waals surface area contributed by atoms with Crippen LogP contribution in [-0.2, 0) is 9.53 Å². The molecule has 1 heterocycles. The second-order valence-corrected chi connectivity index (χ2v) is 3.31. The number of thiazole rings is 1. The summed E-state index contributed by atoms with van der Waals surface area (Å²) in [4.78, 5) is 15.2. The normalized spacial score (nSPS) is 10.0. The summed E-state index contributed by atoms with van der Waals surface area (Å²) >= 11 is 1.41. The number of ether oxygens (including phenoxy) is 1. The topological polar surface area (TPSA) is 51.2 Å². The first kappa shape index (κ1) is 10.1. The summed E-state index contributed by atoms with van der Waals surface area (Å²) in [6.07, 6.45) is 0. The highest BCUT2D eigenvalue weighted by Gasteiger charge is 2.05. The third-order valence-corrected chi connectivity index (χ3v) is 2.28. The van der Waals surface area contributed by atoms with Crippen molar-refractivity contribution in [3.63, 3.8) is 0 Å². The molecule has 0 aromatic carbocycles. The molecule has 13 heavy (non-hydrogen) atoms. The molecule has 0 fully saturated rings. The molecule has 1 rings (SSSR count). The van der Waals surface area contributed by atoms with E-state index in [4.69, 9.17) is 4.74 Å². The molecule has 0 bridgehead atoms. The van der Waals surface area contributed by atoms with Crippen LogP contribution in [0.5, 0.6) is 0 Å². The number of aryl methyl sites for hydroxylation is 1. The summed E-state index contributed by atoms with van der Waals surface area (Å²) in [6, 6.07) is 0. The first-order valence-corrected chi connectivity index (χ1v) is 4.89. The van der Waals surface area contributed by atoms with Crippen molar-refractivity contribution in [2.75, 3.05) is 18.5 Å². The summed E-state index contributed by atoms with van der Waals surface area (Å²) in [5.41, 5.74) is 2.54. The summed E-state index contributed by atoms with van der Waals surface area (Å²) in [6.45, 7) is 4.36. The van der Waals surface area contributed by atoms with Crippen LogP contribution < -0.4 is 5.32 Å². The molecule has 0 aliphatic rings. The molecule has 72 valence electrons. The Morgan fingerprint density at radius 3 is 3.08 bits per heavy atom. The Kier molecular flexibility index (Phi) is 3.85. The van der Waals surface area contributed by atoms with E-state index in [0.717, 1.165) is 10.7 Å². The maximum Gasteiger partial charge on any atom is 0.251 e. The zero-order valence-corrected chi connectivity index (χ0v) is 8.48. The number of hydrogen-bond acceptors (Lipinski definition) is 4. The van der Waals surface area contributed by atoms with Crippen LogP contribution in [-0.4, -0.2) is 24.1 Å². The number of amides is 1. The number of carbonyl (C=O) groups excluding carboxylic acids is 1. The molecule has 1 aromatic rings. The minimum atomic E-state index is -0.130. The van der Waals surface area contributed by atoms with Crippen LogP contribution in [0.4, 0.5) is 5.00 Å². The van der Waals surface area contributed by atoms with Crippen molar-refractivity contribution in [3.05, 3.63) is 11.2 Å². The SMILES string of the molecule is CCOCC(=O)Nc1scnc1C. The standard InChI is InChI=1S/C8H12N2O2S/c1-3-12-4-7(11)10-8-6(2)9-5-13-8/h5H,3-4H2,1-2H3,(H,10,11). The van der Waals surface area contributed by atoms with Gasteiger partial charge in [-0.1, -0.05) is 0 Å². The van der Waals surface area contributed by atoms with Crippen LogP contribution in [0.1, 0.15) is 12.6 Å². The van der Waals surface area contributed by atoms with Gasteiger partial charge >= 0.3 is 0 Å². The number of rotatable bonds is 4. The minimum absolute atomic E-state index is 0.105. The molecule has 0 unspecified atom stereocenters. The number of carbonyl (C=O) groups is 1. The lowest BCUT2D eigenvalue weighted by Gasteiger charge is -2.02. The van der Waals surface area contributed by atoms with Gasteiger partial charge in [0.15, 0.2) is 0 Å². The van der Waals surface area contributed by atoms with Gasteiger partial charge in [0.1, 0.15) is 11.6 Å². The molecule has 0 spiro atoms. The Bertz CT molecular complexity index is 285. The second kappa shape index (κ2) is 4.94. The quantitative estimate of drug-likeness (QED) is 0.799. The van der Waals surface area contributed by atoms with E-state index in [0.29, 0.717) is 6.61 Å². The van der Waals surface area contributed by atoms with Crippen LogP contribution >= 0.6 is 11.3 Å². The van der Waals surface area contributed by atoms with Crippen molar-refractivity contribution >= 4 is 22.2 Å². The third-order valence-electron chi connectivity index (χ3n) is 1.44. The molecule has 4 nitrogen and oxygen atoms in total. The molecule has 0 aliphatic carbocycles. The maximum atomic E-state index is 11.2. The van der Waals surface area contributed by atoms with Crippen molar-refractivity contribution in [1.29, 1.82) is 0 Å². The molecular weight excluding hydrogens is 188 g/mol. The fraction of sp³-hybridized carbons (Fsp3) is 0.500. The van der Waals surface area contributed by atoms with E-state index < -0.39 is 0 Å². The number of aromatic nitrogens is 1. The van der Waals surface area contributed by atoms with Crippen molar-refractivity contribution in [3.8, 4) is 0 Å². The molecule has 1 N–H and O–H groups in total. The minimum Gasteiger partial charge on any atom is -0.372 e. The van der Waals surface area contributed by atoms with Gasteiger partial charge in [-0.2, -0.15) is 0 Å². The van der Waals surface area contributed by atoms with Crippen LogP contribution in [0.3, 0.4) is 0 Å². The zero-order chi connectivity index (χ0) is 9.68. The fourth-order valence-corrected chi connectivity index (χ4v) is 1.49. The lowest BCUT2D eigenvalue weighted by atomic mass is 10.5. The Morgan fingerprint density at radius 2 is 2.54 bits per heavy atom. The van der Waals surface area contributed by atoms with Gasteiger partial charge in [0.25, 0.3) is 5.91 Å². The van der Waals surface area contributed by atoms with Crippen molar-refractivity contribution in [1.82, 2.24) is 4.98 Å². The first-order valence-electron chi connectivity index (χ1n) is 4.01. The molecule has 1 amide bonds. The molecule has 1 aromatic heterocycles. The monoisotopic (exact) mass is 200 g/mol. The number of nitrogens with zero attached hydrogens (tertiary/aromatic N) is 1. The predicted molar refractivity (Wildman–Crippen MR) is 52.0 cm³/mol. The van der Waals surface area contributed by atoms with Gasteiger partial charge in [-0.15, -0.1) is 11.3 Å². The van der Waals surface area contributed by atoms with E-state index in [-0.39, 0.29) is 12.5 Å². The van der Waals surface area contributed by atoms with Crippen LogP contribution in [0, 0.1) is 6.92 Å². The lowest BCUT2D eigenvalue weighted by Crippen LogP contribution is -2.17. The fourth-order valence-electron chi connectivity index (χ4n) is 0.779. The second-order valence-electron chi connectivity index (χ2n) is 2.45. The summed E-state index contributed by atoms with van der Waals surface area (Å²) in [5, 5.41) is 3.51. The third kappa shape index (κ3) is 3.12. The molecule has 5 heteroatoms. The number of hydrogen-bond donors (Lipinski definition) is 1. The van der Waals surface area contributed by atoms with Gasteiger partial charge in [0.05, 0.1) is 11.2 Å². The van der Waals surface area contributed by atoms with Gasteiger partial charge in [0, 0.05) is 6.61 Å². The summed E-state index contributed by atoms with van der Waals surface area (Å²) < 4.78 is 4.96. The molecule has 0 saturated carbocycles. The van der Waals surface area contributed by atoms with Crippen molar-refractivity contribution in [2.45, 2.75) is 13.8 Å². The summed E-state index contributed by atoms with van der Waals surface area (Å²) in [5.74, 6) is -0.130. The lowest BCUT2D eigenvalue weighted by molar-refractivity contribution is -0.120. The molecule has 0 saturated heterocycles. The Balaban J connectivity index is 2.41. The average molecular weight is 200 g/mol. The van der Waals surface area contributed by atoms with Gasteiger partial charge in [-0.25, -0.2) is 4.98 Å². The van der Waals surface area contributed by atoms with E-state index in [2.05, 4.69) is 10.3 Å². The highest BCUT2D eigenvalue weighted by molar-refractivity contribution is 7.14. The van der Waals surface area contributed by atoms with Crippen molar-refractivity contribution in [2.24, 2.45) is 0 Å². The van der Waals surface area contributed by atoms with E-state index in [9.17, 15) is 4.79 Å². The Labute approximate surface area is 80.9 Å². The highest BCUT2D eigenvalue weighted by Crippen LogP contribution is 2.18. The highest BCUT2D eigenvalue weighted by atomic mass is 32.1. The van der Waals surface area contributed by atoms with E-state index in [1.165, 1.54) is 11.3 Å². The predicted octanol–water partition coefficient (Wildman–Crippen LogP) is 1.43. The van der Waals surface area contributed by atoms with Crippen molar-refractivity contribution < 1.29 is 9.53 Å². The Morgan fingerprint density at radius 1 is 1.77 bits per heavy atom. The van der Waals surface area contributed by atoms with Gasteiger partial charge in [0.2, 0.25) is 0 Å². The number of nitrogens with one attached hydrogen (secondary N) is 1.